The van der Waals surface area contributed by atoms with E-state index in [0.717, 1.165) is 18.4 Å². The topological polar surface area (TPSA) is 9.23 Å². The molecule has 0 aromatic carbocycles. The SMILES string of the molecule is CCC1CCC2([SH](C)C)CCC1CO2. The van der Waals surface area contributed by atoms with Crippen LogP contribution in [0.5, 0.6) is 0 Å². The van der Waals surface area contributed by atoms with E-state index in [9.17, 15) is 0 Å². The number of thiol groups is 1. The van der Waals surface area contributed by atoms with Crippen molar-refractivity contribution in [3.63, 3.8) is 0 Å². The van der Waals surface area contributed by atoms with Crippen LogP contribution in [-0.4, -0.2) is 24.1 Å². The molecule has 0 spiro atoms. The summed E-state index contributed by atoms with van der Waals surface area (Å²) in [4.78, 5) is 0.315. The first-order valence-electron chi connectivity index (χ1n) is 5.99. The summed E-state index contributed by atoms with van der Waals surface area (Å²) in [7, 11) is 0.0716. The molecule has 3 fully saturated rings. The fourth-order valence-corrected chi connectivity index (χ4v) is 4.64. The van der Waals surface area contributed by atoms with Crippen molar-refractivity contribution in [2.24, 2.45) is 11.8 Å². The minimum Gasteiger partial charge on any atom is -0.366 e. The molecule has 1 saturated carbocycles. The largest absolute Gasteiger partial charge is 0.366 e. The lowest BCUT2D eigenvalue weighted by Crippen LogP contribution is -2.36. The molecule has 84 valence electrons. The molecule has 2 saturated heterocycles. The fraction of sp³-hybridized carbons (Fsp3) is 1.00. The molecule has 1 aliphatic carbocycles. The Morgan fingerprint density at radius 1 is 1.29 bits per heavy atom. The van der Waals surface area contributed by atoms with Gasteiger partial charge in [-0.3, -0.25) is 0 Å². The van der Waals surface area contributed by atoms with Crippen LogP contribution in [0.25, 0.3) is 0 Å². The van der Waals surface area contributed by atoms with E-state index in [0.29, 0.717) is 4.93 Å². The van der Waals surface area contributed by atoms with Gasteiger partial charge in [-0.2, -0.15) is 0 Å². The average Bonchev–Trinajstić information content (AvgIpc) is 2.48. The second-order valence-corrected chi connectivity index (χ2v) is 7.76. The minimum absolute atomic E-state index is 0.0716. The van der Waals surface area contributed by atoms with Crippen molar-refractivity contribution < 1.29 is 4.74 Å². The van der Waals surface area contributed by atoms with Crippen LogP contribution in [0, 0.1) is 11.8 Å². The molecular formula is C12H24OS. The Labute approximate surface area is 90.9 Å². The Kier molecular flexibility index (Phi) is 3.13. The monoisotopic (exact) mass is 216 g/mol. The smallest absolute Gasteiger partial charge is 0.0956 e. The van der Waals surface area contributed by atoms with Crippen molar-refractivity contribution >= 4 is 10.9 Å². The van der Waals surface area contributed by atoms with Crippen LogP contribution < -0.4 is 0 Å². The summed E-state index contributed by atoms with van der Waals surface area (Å²) in [5, 5.41) is 0. The maximum Gasteiger partial charge on any atom is 0.0956 e. The average molecular weight is 216 g/mol. The fourth-order valence-electron chi connectivity index (χ4n) is 3.16. The van der Waals surface area contributed by atoms with E-state index < -0.39 is 0 Å². The Morgan fingerprint density at radius 3 is 2.50 bits per heavy atom. The molecule has 0 N–H and O–H groups in total. The van der Waals surface area contributed by atoms with E-state index in [1.165, 1.54) is 32.1 Å². The highest BCUT2D eigenvalue weighted by atomic mass is 32.2. The van der Waals surface area contributed by atoms with Crippen molar-refractivity contribution in [1.82, 2.24) is 0 Å². The van der Waals surface area contributed by atoms with Crippen LogP contribution in [0.15, 0.2) is 0 Å². The molecule has 3 aliphatic rings. The third-order valence-corrected chi connectivity index (χ3v) is 6.59. The summed E-state index contributed by atoms with van der Waals surface area (Å²) in [6.45, 7) is 3.40. The summed E-state index contributed by atoms with van der Waals surface area (Å²) >= 11 is 0. The van der Waals surface area contributed by atoms with Crippen LogP contribution in [0.3, 0.4) is 0 Å². The first-order valence-corrected chi connectivity index (χ1v) is 8.23. The molecular weight excluding hydrogens is 192 g/mol. The van der Waals surface area contributed by atoms with E-state index in [1.807, 2.05) is 0 Å². The predicted octanol–water partition coefficient (Wildman–Crippen LogP) is 3.19. The Morgan fingerprint density at radius 2 is 2.00 bits per heavy atom. The summed E-state index contributed by atoms with van der Waals surface area (Å²) in [6.07, 6.45) is 11.7. The highest BCUT2D eigenvalue weighted by molar-refractivity contribution is 8.16. The van der Waals surface area contributed by atoms with Crippen molar-refractivity contribution in [2.45, 2.75) is 44.0 Å². The van der Waals surface area contributed by atoms with Gasteiger partial charge in [0, 0.05) is 0 Å². The normalized spacial score (nSPS) is 43.5. The molecule has 1 nitrogen and oxygen atoms in total. The second-order valence-electron chi connectivity index (χ2n) is 5.16. The second kappa shape index (κ2) is 4.05. The van der Waals surface area contributed by atoms with Gasteiger partial charge in [0.25, 0.3) is 0 Å². The van der Waals surface area contributed by atoms with E-state index >= 15 is 0 Å². The molecule has 2 aliphatic heterocycles. The van der Waals surface area contributed by atoms with Gasteiger partial charge in [-0.05, 0) is 50.0 Å². The Balaban J connectivity index is 2.13. The molecule has 2 heterocycles. The van der Waals surface area contributed by atoms with E-state index in [4.69, 9.17) is 4.74 Å². The maximum absolute atomic E-state index is 6.21. The van der Waals surface area contributed by atoms with Crippen molar-refractivity contribution in [3.8, 4) is 0 Å². The lowest BCUT2D eigenvalue weighted by atomic mass is 9.86. The van der Waals surface area contributed by atoms with E-state index in [-0.39, 0.29) is 10.9 Å². The third kappa shape index (κ3) is 1.71. The number of fused-ring (bicyclic) bond motifs is 4. The van der Waals surface area contributed by atoms with Gasteiger partial charge in [0.1, 0.15) is 0 Å². The molecule has 0 radical (unpaired) electrons. The third-order valence-electron chi connectivity index (χ3n) is 4.38. The highest BCUT2D eigenvalue weighted by Gasteiger charge is 2.43. The van der Waals surface area contributed by atoms with Gasteiger partial charge < -0.3 is 4.74 Å². The number of ether oxygens (including phenoxy) is 1. The van der Waals surface area contributed by atoms with Crippen LogP contribution in [0.2, 0.25) is 0 Å². The highest BCUT2D eigenvalue weighted by Crippen LogP contribution is 2.52. The van der Waals surface area contributed by atoms with Crippen LogP contribution in [-0.2, 0) is 4.74 Å². The maximum atomic E-state index is 6.21. The standard InChI is InChI=1S/C12H24OS/c1-4-10-5-7-12(14(2)3)8-6-11(10)9-13-12/h10-11,14H,4-9H2,1-3H3. The first kappa shape index (κ1) is 10.8. The summed E-state index contributed by atoms with van der Waals surface area (Å²) < 4.78 is 6.21. The van der Waals surface area contributed by atoms with Gasteiger partial charge in [0.2, 0.25) is 0 Å². The molecule has 0 aromatic rings. The zero-order valence-corrected chi connectivity index (χ0v) is 10.6. The van der Waals surface area contributed by atoms with Gasteiger partial charge in [0.15, 0.2) is 0 Å². The van der Waals surface area contributed by atoms with Crippen molar-refractivity contribution in [3.05, 3.63) is 0 Å². The molecule has 2 heteroatoms. The predicted molar refractivity (Wildman–Crippen MR) is 65.3 cm³/mol. The quantitative estimate of drug-likeness (QED) is 0.698. The van der Waals surface area contributed by atoms with E-state index in [2.05, 4.69) is 19.4 Å². The zero-order valence-electron chi connectivity index (χ0n) is 9.75. The van der Waals surface area contributed by atoms with Gasteiger partial charge in [-0.25, -0.2) is 10.9 Å². The van der Waals surface area contributed by atoms with Crippen molar-refractivity contribution in [1.29, 1.82) is 0 Å². The van der Waals surface area contributed by atoms with Gasteiger partial charge in [-0.1, -0.05) is 13.3 Å². The van der Waals surface area contributed by atoms with Crippen LogP contribution >= 0.6 is 10.9 Å². The van der Waals surface area contributed by atoms with Gasteiger partial charge in [-0.15, -0.1) is 0 Å². The summed E-state index contributed by atoms with van der Waals surface area (Å²) in [6, 6.07) is 0. The number of hydrogen-bond donors (Lipinski definition) is 1. The summed E-state index contributed by atoms with van der Waals surface area (Å²) in [5.41, 5.74) is 0. The Bertz CT molecular complexity index is 194. The minimum atomic E-state index is 0.0716. The lowest BCUT2D eigenvalue weighted by Gasteiger charge is -2.42. The molecule has 0 aromatic heterocycles. The molecule has 2 bridgehead atoms. The van der Waals surface area contributed by atoms with E-state index in [1.54, 1.807) is 0 Å². The molecule has 14 heavy (non-hydrogen) atoms. The molecule has 3 rings (SSSR count). The number of rotatable bonds is 2. The molecule has 3 unspecified atom stereocenters. The van der Waals surface area contributed by atoms with Gasteiger partial charge in [0.05, 0.1) is 11.5 Å². The Hall–Kier alpha value is 0.310. The summed E-state index contributed by atoms with van der Waals surface area (Å²) in [5.74, 6) is 1.83. The van der Waals surface area contributed by atoms with Crippen molar-refractivity contribution in [2.75, 3.05) is 19.1 Å². The lowest BCUT2D eigenvalue weighted by molar-refractivity contribution is -0.0331. The van der Waals surface area contributed by atoms with Gasteiger partial charge >= 0.3 is 0 Å². The molecule has 0 amide bonds. The number of hydrogen-bond acceptors (Lipinski definition) is 1. The van der Waals surface area contributed by atoms with Crippen LogP contribution in [0.1, 0.15) is 39.0 Å². The zero-order chi connectivity index (χ0) is 10.2. The van der Waals surface area contributed by atoms with Crippen LogP contribution in [0.4, 0.5) is 0 Å². The molecule has 3 atom stereocenters. The first-order chi connectivity index (χ1) is 6.68.